The van der Waals surface area contributed by atoms with Gasteiger partial charge in [-0.15, -0.1) is 0 Å². The van der Waals surface area contributed by atoms with Crippen LogP contribution in [0, 0.1) is 11.6 Å². The first-order valence-corrected chi connectivity index (χ1v) is 15.1. The largest absolute Gasteiger partial charge is 0.443 e. The van der Waals surface area contributed by atoms with Crippen LogP contribution in [0.1, 0.15) is 16.7 Å². The highest BCUT2D eigenvalue weighted by Crippen LogP contribution is 2.19. The fraction of sp³-hybridized carbons (Fsp3) is 0.382. The number of hydrazine groups is 2. The van der Waals surface area contributed by atoms with Gasteiger partial charge in [0.25, 0.3) is 0 Å². The molecule has 46 heavy (non-hydrogen) atoms. The Bertz CT molecular complexity index is 1440. The van der Waals surface area contributed by atoms with E-state index in [4.69, 9.17) is 4.74 Å². The van der Waals surface area contributed by atoms with Crippen molar-refractivity contribution < 1.29 is 27.9 Å². The first kappa shape index (κ1) is 34.5. The molecule has 3 aromatic carbocycles. The van der Waals surface area contributed by atoms with E-state index in [1.54, 1.807) is 29.3 Å². The van der Waals surface area contributed by atoms with Crippen molar-refractivity contribution >= 4 is 17.9 Å². The summed E-state index contributed by atoms with van der Waals surface area (Å²) >= 11 is 0. The lowest BCUT2D eigenvalue weighted by molar-refractivity contribution is -0.141. The molecule has 1 N–H and O–H groups in total. The predicted molar refractivity (Wildman–Crippen MR) is 170 cm³/mol. The third-order valence-corrected chi connectivity index (χ3v) is 7.97. The van der Waals surface area contributed by atoms with Crippen molar-refractivity contribution in [3.63, 3.8) is 0 Å². The molecule has 0 saturated carbocycles. The van der Waals surface area contributed by atoms with Gasteiger partial charge in [-0.2, -0.15) is 0 Å². The topological polar surface area (TPSA) is 88.7 Å². The maximum absolute atomic E-state index is 13.1. The number of rotatable bonds is 8. The molecule has 2 aliphatic rings. The summed E-state index contributed by atoms with van der Waals surface area (Å²) in [6, 6.07) is 21.6. The Morgan fingerprint density at radius 2 is 1.22 bits per heavy atom. The lowest BCUT2D eigenvalue weighted by atomic mass is 10.1. The van der Waals surface area contributed by atoms with E-state index in [-0.39, 0.29) is 42.5 Å². The summed E-state index contributed by atoms with van der Waals surface area (Å²) in [5.41, 5.74) is 5.49. The van der Waals surface area contributed by atoms with Crippen molar-refractivity contribution in [3.05, 3.63) is 107 Å². The molecule has 0 aliphatic carbocycles. The molecular formula is C34H42F2N6O4. The number of hydrogen-bond acceptors (Lipinski definition) is 7. The molecule has 2 unspecified atom stereocenters. The third kappa shape index (κ3) is 9.80. The van der Waals surface area contributed by atoms with E-state index < -0.39 is 6.09 Å². The minimum Gasteiger partial charge on any atom is -0.443 e. The van der Waals surface area contributed by atoms with Crippen LogP contribution >= 0.6 is 0 Å². The van der Waals surface area contributed by atoms with Crippen LogP contribution in [0.4, 0.5) is 13.6 Å². The van der Waals surface area contributed by atoms with Crippen molar-refractivity contribution in [3.8, 4) is 0 Å². The predicted octanol–water partition coefficient (Wildman–Crippen LogP) is 3.34. The Morgan fingerprint density at radius 1 is 0.696 bits per heavy atom. The first-order chi connectivity index (χ1) is 22.0. The average Bonchev–Trinajstić information content (AvgIpc) is 3.72. The molecule has 12 heteroatoms. The standard InChI is InChI=1S/C21H24FN3O3.C13H18FN3O/c1-23(2)19-13-24(20(26)12-16-8-10-18(22)11-9-16)25(14-19)21(27)28-15-17-6-4-3-5-7-17;1-16(2)12-8-15-17(9-12)13(18)7-10-3-5-11(14)6-4-10/h3-11,19H,12-15H2,1-2H3;3-6,12,15H,7-9H2,1-2H3. The quantitative estimate of drug-likeness (QED) is 0.406. The molecule has 2 saturated heterocycles. The maximum atomic E-state index is 13.1. The number of likely N-dealkylation sites (N-methyl/N-ethyl adjacent to an activating group) is 2. The second kappa shape index (κ2) is 16.3. The number of nitrogens with one attached hydrogen (secondary N) is 1. The number of ether oxygens (including phenoxy) is 1. The van der Waals surface area contributed by atoms with Gasteiger partial charge in [-0.3, -0.25) is 14.6 Å². The number of benzene rings is 3. The van der Waals surface area contributed by atoms with Gasteiger partial charge in [0.15, 0.2) is 0 Å². The number of carbonyl (C=O) groups excluding carboxylic acids is 3. The summed E-state index contributed by atoms with van der Waals surface area (Å²) < 4.78 is 31.3. The molecule has 2 heterocycles. The lowest BCUT2D eigenvalue weighted by Gasteiger charge is -2.27. The maximum Gasteiger partial charge on any atom is 0.429 e. The van der Waals surface area contributed by atoms with Gasteiger partial charge in [-0.1, -0.05) is 54.6 Å². The van der Waals surface area contributed by atoms with E-state index in [1.165, 1.54) is 34.3 Å². The average molecular weight is 637 g/mol. The van der Waals surface area contributed by atoms with Crippen LogP contribution in [0.2, 0.25) is 0 Å². The molecule has 0 bridgehead atoms. The van der Waals surface area contributed by atoms with E-state index in [2.05, 4.69) is 10.3 Å². The second-order valence-corrected chi connectivity index (χ2v) is 11.8. The Morgan fingerprint density at radius 3 is 1.74 bits per heavy atom. The lowest BCUT2D eigenvalue weighted by Crippen LogP contribution is -2.45. The highest BCUT2D eigenvalue weighted by Gasteiger charge is 2.38. The van der Waals surface area contributed by atoms with E-state index in [0.29, 0.717) is 37.7 Å². The number of nitrogens with zero attached hydrogens (tertiary/aromatic N) is 5. The third-order valence-electron chi connectivity index (χ3n) is 7.97. The van der Waals surface area contributed by atoms with Gasteiger partial charge in [-0.05, 0) is 69.1 Å². The Kier molecular flexibility index (Phi) is 12.2. The molecule has 3 aromatic rings. The molecule has 0 spiro atoms. The fourth-order valence-electron chi connectivity index (χ4n) is 5.02. The molecule has 0 aromatic heterocycles. The van der Waals surface area contributed by atoms with Crippen LogP contribution in [0.3, 0.4) is 0 Å². The van der Waals surface area contributed by atoms with Gasteiger partial charge in [0, 0.05) is 18.6 Å². The zero-order valence-corrected chi connectivity index (χ0v) is 26.7. The minimum absolute atomic E-state index is 0.0152. The minimum atomic E-state index is -0.555. The normalized spacial score (nSPS) is 17.7. The van der Waals surface area contributed by atoms with Gasteiger partial charge < -0.3 is 14.5 Å². The van der Waals surface area contributed by atoms with E-state index in [0.717, 1.165) is 17.7 Å². The summed E-state index contributed by atoms with van der Waals surface area (Å²) in [5.74, 6) is -0.840. The Labute approximate surface area is 269 Å². The van der Waals surface area contributed by atoms with Crippen LogP contribution in [-0.2, 0) is 33.8 Å². The van der Waals surface area contributed by atoms with Crippen LogP contribution in [-0.4, -0.2) is 109 Å². The number of amides is 3. The molecule has 2 aliphatic heterocycles. The molecule has 246 valence electrons. The molecular weight excluding hydrogens is 594 g/mol. The van der Waals surface area contributed by atoms with Crippen LogP contribution in [0.5, 0.6) is 0 Å². The van der Waals surface area contributed by atoms with Crippen molar-refractivity contribution in [2.75, 3.05) is 54.4 Å². The van der Waals surface area contributed by atoms with Crippen molar-refractivity contribution in [1.82, 2.24) is 30.3 Å². The van der Waals surface area contributed by atoms with Crippen molar-refractivity contribution in [1.29, 1.82) is 0 Å². The Hall–Kier alpha value is -4.39. The SMILES string of the molecule is CN(C)C1CN(C(=O)Cc2ccc(F)cc2)N(C(=O)OCc2ccccc2)C1.CN(C)C1CNN(C(=O)Cc2ccc(F)cc2)C1. The summed E-state index contributed by atoms with van der Waals surface area (Å²) in [7, 11) is 7.82. The monoisotopic (exact) mass is 636 g/mol. The zero-order chi connectivity index (χ0) is 33.2. The highest BCUT2D eigenvalue weighted by atomic mass is 19.1. The number of carbonyl (C=O) groups is 3. The van der Waals surface area contributed by atoms with Gasteiger partial charge >= 0.3 is 6.09 Å². The first-order valence-electron chi connectivity index (χ1n) is 15.1. The molecule has 0 radical (unpaired) electrons. The zero-order valence-electron chi connectivity index (χ0n) is 26.7. The van der Waals surface area contributed by atoms with Crippen LogP contribution in [0.25, 0.3) is 0 Å². The van der Waals surface area contributed by atoms with Crippen molar-refractivity contribution in [2.45, 2.75) is 31.5 Å². The molecule has 2 fully saturated rings. The van der Waals surface area contributed by atoms with Crippen molar-refractivity contribution in [2.24, 2.45) is 0 Å². The summed E-state index contributed by atoms with van der Waals surface area (Å²) in [5, 5.41) is 4.44. The van der Waals surface area contributed by atoms with E-state index in [9.17, 15) is 23.2 Å². The summed E-state index contributed by atoms with van der Waals surface area (Å²) in [6.07, 6.45) is -0.170. The molecule has 2 atom stereocenters. The number of hydrogen-bond donors (Lipinski definition) is 1. The fourth-order valence-corrected chi connectivity index (χ4v) is 5.02. The van der Waals surface area contributed by atoms with E-state index in [1.807, 2.05) is 63.4 Å². The van der Waals surface area contributed by atoms with Crippen LogP contribution in [0.15, 0.2) is 78.9 Å². The van der Waals surface area contributed by atoms with Gasteiger partial charge in [0.05, 0.1) is 32.5 Å². The van der Waals surface area contributed by atoms with Gasteiger partial charge in [0.2, 0.25) is 11.8 Å². The summed E-state index contributed by atoms with van der Waals surface area (Å²) in [6.45, 7) is 2.38. The summed E-state index contributed by atoms with van der Waals surface area (Å²) in [4.78, 5) is 41.6. The van der Waals surface area contributed by atoms with Gasteiger partial charge in [-0.25, -0.2) is 29.0 Å². The smallest absolute Gasteiger partial charge is 0.429 e. The van der Waals surface area contributed by atoms with E-state index >= 15 is 0 Å². The molecule has 3 amide bonds. The van der Waals surface area contributed by atoms with Gasteiger partial charge in [0.1, 0.15) is 18.2 Å². The molecule has 5 rings (SSSR count). The highest BCUT2D eigenvalue weighted by molar-refractivity contribution is 5.82. The molecule has 10 nitrogen and oxygen atoms in total. The number of halogens is 2. The Balaban J connectivity index is 0.000000230. The van der Waals surface area contributed by atoms with Crippen LogP contribution < -0.4 is 5.43 Å². The second-order valence-electron chi connectivity index (χ2n) is 11.8.